The van der Waals surface area contributed by atoms with Crippen molar-refractivity contribution >= 4 is 5.71 Å². The molecule has 0 unspecified atom stereocenters. The van der Waals surface area contributed by atoms with Crippen molar-refractivity contribution in [3.8, 4) is 0 Å². The summed E-state index contributed by atoms with van der Waals surface area (Å²) in [5, 5.41) is 0. The molecule has 2 aromatic rings. The molecular weight excluding hydrogens is 302 g/mol. The van der Waals surface area contributed by atoms with E-state index in [4.69, 9.17) is 4.99 Å². The first-order valence-corrected chi connectivity index (χ1v) is 9.67. The maximum Gasteiger partial charge on any atom is 0.0685 e. The van der Waals surface area contributed by atoms with Crippen LogP contribution in [0.2, 0.25) is 0 Å². The zero-order chi connectivity index (χ0) is 17.2. The van der Waals surface area contributed by atoms with Crippen LogP contribution in [0.15, 0.2) is 64.7 Å². The summed E-state index contributed by atoms with van der Waals surface area (Å²) in [7, 11) is 0. The molecule has 0 spiro atoms. The van der Waals surface area contributed by atoms with E-state index in [9.17, 15) is 0 Å². The Kier molecular flexibility index (Phi) is 4.57. The Labute approximate surface area is 151 Å². The fourth-order valence-electron chi connectivity index (χ4n) is 3.95. The molecule has 0 aromatic heterocycles. The summed E-state index contributed by atoms with van der Waals surface area (Å²) in [6, 6.07) is 17.8. The Balaban J connectivity index is 1.60. The molecule has 25 heavy (non-hydrogen) atoms. The summed E-state index contributed by atoms with van der Waals surface area (Å²) < 4.78 is 0. The molecule has 2 aromatic carbocycles. The molecular formula is C24H27N. The minimum atomic E-state index is 0.808. The molecule has 0 saturated heterocycles. The molecule has 2 aliphatic rings. The van der Waals surface area contributed by atoms with E-state index in [0.29, 0.717) is 0 Å². The van der Waals surface area contributed by atoms with E-state index in [1.54, 1.807) is 11.1 Å². The number of nitrogens with zero attached hydrogens (tertiary/aromatic N) is 1. The third kappa shape index (κ3) is 3.46. The van der Waals surface area contributed by atoms with Gasteiger partial charge in [0.15, 0.2) is 0 Å². The summed E-state index contributed by atoms with van der Waals surface area (Å²) in [4.78, 5) is 4.98. The molecule has 0 radical (unpaired) electrons. The fraction of sp³-hybridized carbons (Fsp3) is 0.375. The maximum absolute atomic E-state index is 4.98. The van der Waals surface area contributed by atoms with Crippen molar-refractivity contribution in [2.45, 2.75) is 46.0 Å². The van der Waals surface area contributed by atoms with Crippen molar-refractivity contribution in [1.82, 2.24) is 0 Å². The molecule has 0 N–H and O–H groups in total. The van der Waals surface area contributed by atoms with Gasteiger partial charge in [0, 0.05) is 5.56 Å². The molecule has 0 atom stereocenters. The minimum Gasteiger partial charge on any atom is -0.280 e. The number of rotatable bonds is 6. The van der Waals surface area contributed by atoms with Gasteiger partial charge in [-0.2, -0.15) is 0 Å². The normalized spacial score (nSPS) is 17.1. The second kappa shape index (κ2) is 7.00. The summed E-state index contributed by atoms with van der Waals surface area (Å²) in [5.74, 6) is 0.808. The lowest BCUT2D eigenvalue weighted by Crippen LogP contribution is -2.07. The molecule has 0 amide bonds. The predicted octanol–water partition coefficient (Wildman–Crippen LogP) is 5.70. The third-order valence-electron chi connectivity index (χ3n) is 5.61. The third-order valence-corrected chi connectivity index (χ3v) is 5.61. The van der Waals surface area contributed by atoms with Crippen molar-refractivity contribution in [3.63, 3.8) is 0 Å². The summed E-state index contributed by atoms with van der Waals surface area (Å²) in [6.07, 6.45) is 6.07. The van der Waals surface area contributed by atoms with Gasteiger partial charge in [0.2, 0.25) is 0 Å². The monoisotopic (exact) mass is 329 g/mol. The van der Waals surface area contributed by atoms with E-state index in [0.717, 1.165) is 31.7 Å². The highest BCUT2D eigenvalue weighted by atomic mass is 14.8. The molecule has 4 rings (SSSR count). The Morgan fingerprint density at radius 1 is 0.960 bits per heavy atom. The topological polar surface area (TPSA) is 12.4 Å². The smallest absolute Gasteiger partial charge is 0.0685 e. The second-order valence-corrected chi connectivity index (χ2v) is 7.43. The zero-order valence-electron chi connectivity index (χ0n) is 15.4. The van der Waals surface area contributed by atoms with E-state index in [2.05, 4.69) is 62.4 Å². The van der Waals surface area contributed by atoms with Crippen LogP contribution in [0, 0.1) is 12.8 Å². The number of hydrogen-bond donors (Lipinski definition) is 0. The van der Waals surface area contributed by atoms with Gasteiger partial charge in [0.1, 0.15) is 0 Å². The lowest BCUT2D eigenvalue weighted by Gasteiger charge is -2.13. The average molecular weight is 329 g/mol. The number of benzene rings is 2. The van der Waals surface area contributed by atoms with Crippen LogP contribution in [-0.4, -0.2) is 12.3 Å². The zero-order valence-corrected chi connectivity index (χ0v) is 15.4. The van der Waals surface area contributed by atoms with Crippen LogP contribution in [0.25, 0.3) is 0 Å². The van der Waals surface area contributed by atoms with Crippen LogP contribution in [0.3, 0.4) is 0 Å². The first kappa shape index (κ1) is 16.3. The van der Waals surface area contributed by atoms with E-state index in [-0.39, 0.29) is 0 Å². The van der Waals surface area contributed by atoms with Crippen LogP contribution in [0.4, 0.5) is 0 Å². The quantitative estimate of drug-likeness (QED) is 0.644. The van der Waals surface area contributed by atoms with Gasteiger partial charge in [-0.15, -0.1) is 0 Å². The highest BCUT2D eigenvalue weighted by molar-refractivity contribution is 6.15. The molecule has 1 saturated carbocycles. The van der Waals surface area contributed by atoms with E-state index in [1.807, 2.05) is 0 Å². The van der Waals surface area contributed by atoms with Crippen LogP contribution in [0.5, 0.6) is 0 Å². The summed E-state index contributed by atoms with van der Waals surface area (Å²) in [6.45, 7) is 5.36. The Bertz CT molecular complexity index is 837. The highest BCUT2D eigenvalue weighted by Crippen LogP contribution is 2.42. The van der Waals surface area contributed by atoms with E-state index in [1.165, 1.54) is 40.8 Å². The lowest BCUT2D eigenvalue weighted by atomic mass is 9.91. The molecule has 1 fully saturated rings. The summed E-state index contributed by atoms with van der Waals surface area (Å²) in [5.41, 5.74) is 10.0. The van der Waals surface area contributed by atoms with Crippen molar-refractivity contribution < 1.29 is 0 Å². The van der Waals surface area contributed by atoms with Crippen LogP contribution < -0.4 is 0 Å². The standard InChI is InChI=1S/C24H27N/c1-3-18-8-6-9-19(15-18)11-14-22-23(20-12-13-20)16-25-24(22)21-10-5-4-7-17(21)2/h4-10,15,20H,3,11-14,16H2,1-2H3. The number of aliphatic imine (C=N–C) groups is 1. The van der Waals surface area contributed by atoms with Gasteiger partial charge < -0.3 is 0 Å². The van der Waals surface area contributed by atoms with Gasteiger partial charge in [-0.3, -0.25) is 4.99 Å². The number of aryl methyl sites for hydroxylation is 3. The molecule has 1 heteroatoms. The van der Waals surface area contributed by atoms with Gasteiger partial charge in [0.05, 0.1) is 12.3 Å². The maximum atomic E-state index is 4.98. The first-order chi connectivity index (χ1) is 12.3. The van der Waals surface area contributed by atoms with Crippen molar-refractivity contribution in [1.29, 1.82) is 0 Å². The van der Waals surface area contributed by atoms with E-state index < -0.39 is 0 Å². The first-order valence-electron chi connectivity index (χ1n) is 9.67. The molecule has 1 heterocycles. The second-order valence-electron chi connectivity index (χ2n) is 7.43. The molecule has 1 nitrogen and oxygen atoms in total. The SMILES string of the molecule is CCc1cccc(CCC2=C(C3CC3)CN=C2c2ccccc2C)c1. The van der Waals surface area contributed by atoms with Crippen molar-refractivity contribution in [2.75, 3.05) is 6.54 Å². The summed E-state index contributed by atoms with van der Waals surface area (Å²) >= 11 is 0. The molecule has 0 bridgehead atoms. The van der Waals surface area contributed by atoms with Crippen LogP contribution >= 0.6 is 0 Å². The van der Waals surface area contributed by atoms with Gasteiger partial charge >= 0.3 is 0 Å². The van der Waals surface area contributed by atoms with E-state index >= 15 is 0 Å². The Hall–Kier alpha value is -2.15. The van der Waals surface area contributed by atoms with Gasteiger partial charge in [0.25, 0.3) is 0 Å². The number of hydrogen-bond acceptors (Lipinski definition) is 1. The molecule has 1 aliphatic heterocycles. The fourth-order valence-corrected chi connectivity index (χ4v) is 3.95. The molecule has 1 aliphatic carbocycles. The number of allylic oxidation sites excluding steroid dienone is 1. The Morgan fingerprint density at radius 3 is 2.52 bits per heavy atom. The highest BCUT2D eigenvalue weighted by Gasteiger charge is 2.32. The van der Waals surface area contributed by atoms with Crippen molar-refractivity contribution in [3.05, 3.63) is 81.9 Å². The van der Waals surface area contributed by atoms with Crippen LogP contribution in [0.1, 0.15) is 48.4 Å². The van der Waals surface area contributed by atoms with Crippen molar-refractivity contribution in [2.24, 2.45) is 10.9 Å². The van der Waals surface area contributed by atoms with Gasteiger partial charge in [-0.25, -0.2) is 0 Å². The largest absolute Gasteiger partial charge is 0.280 e. The van der Waals surface area contributed by atoms with Gasteiger partial charge in [-0.1, -0.05) is 55.5 Å². The minimum absolute atomic E-state index is 0.808. The lowest BCUT2D eigenvalue weighted by molar-refractivity contribution is 0.900. The van der Waals surface area contributed by atoms with Crippen LogP contribution in [-0.2, 0) is 12.8 Å². The van der Waals surface area contributed by atoms with Gasteiger partial charge in [-0.05, 0) is 72.8 Å². The Morgan fingerprint density at radius 2 is 1.76 bits per heavy atom. The molecule has 128 valence electrons. The average Bonchev–Trinajstić information content (AvgIpc) is 3.40. The predicted molar refractivity (Wildman–Crippen MR) is 106 cm³/mol.